The Morgan fingerprint density at radius 3 is 2.88 bits per heavy atom. The van der Waals surface area contributed by atoms with E-state index < -0.39 is 12.0 Å². The van der Waals surface area contributed by atoms with Gasteiger partial charge in [0.2, 0.25) is 0 Å². The Bertz CT molecular complexity index is 936. The van der Waals surface area contributed by atoms with Gasteiger partial charge in [0.15, 0.2) is 0 Å². The van der Waals surface area contributed by atoms with Crippen LogP contribution in [-0.4, -0.2) is 33.5 Å². The van der Waals surface area contributed by atoms with Crippen molar-refractivity contribution in [2.24, 2.45) is 0 Å². The topological polar surface area (TPSA) is 53.4 Å². The van der Waals surface area contributed by atoms with Gasteiger partial charge in [0.25, 0.3) is 0 Å². The maximum absolute atomic E-state index is 11.9. The summed E-state index contributed by atoms with van der Waals surface area (Å²) in [6, 6.07) is 14.0. The molecule has 1 aromatic carbocycles. The van der Waals surface area contributed by atoms with Gasteiger partial charge in [0.05, 0.1) is 11.6 Å². The number of aryl methyl sites for hydroxylation is 1. The summed E-state index contributed by atoms with van der Waals surface area (Å²) in [5, 5.41) is 10.9. The zero-order valence-corrected chi connectivity index (χ0v) is 15.6. The number of hydrogen-bond donors (Lipinski definition) is 1. The first-order valence-electron chi connectivity index (χ1n) is 9.03. The van der Waals surface area contributed by atoms with Gasteiger partial charge in [0, 0.05) is 21.3 Å². The van der Waals surface area contributed by atoms with Crippen LogP contribution in [0.5, 0.6) is 0 Å². The summed E-state index contributed by atoms with van der Waals surface area (Å²) in [6.07, 6.45) is 4.62. The number of carbonyl (C=O) groups is 1. The highest BCUT2D eigenvalue weighted by Gasteiger charge is 2.35. The molecule has 5 heteroatoms. The third kappa shape index (κ3) is 3.24. The van der Waals surface area contributed by atoms with E-state index in [0.29, 0.717) is 6.42 Å². The zero-order chi connectivity index (χ0) is 18.1. The van der Waals surface area contributed by atoms with E-state index in [1.54, 1.807) is 11.3 Å². The first-order chi connectivity index (χ1) is 12.6. The summed E-state index contributed by atoms with van der Waals surface area (Å²) in [6.45, 7) is 2.89. The largest absolute Gasteiger partial charge is 0.480 e. The molecule has 1 fully saturated rings. The summed E-state index contributed by atoms with van der Waals surface area (Å²) in [5.41, 5.74) is 2.03. The number of nitrogens with zero attached hydrogens (tertiary/aromatic N) is 2. The Hall–Kier alpha value is -2.24. The molecule has 4 rings (SSSR count). The number of aliphatic carboxylic acids is 1. The van der Waals surface area contributed by atoms with Crippen LogP contribution in [0.3, 0.4) is 0 Å². The van der Waals surface area contributed by atoms with Crippen molar-refractivity contribution in [2.45, 2.75) is 38.3 Å². The van der Waals surface area contributed by atoms with E-state index in [4.69, 9.17) is 0 Å². The van der Waals surface area contributed by atoms with Crippen molar-refractivity contribution >= 4 is 28.2 Å². The minimum atomic E-state index is -0.725. The number of carboxylic acid groups (broad SMARTS) is 1. The first kappa shape index (κ1) is 17.2. The fourth-order valence-corrected chi connectivity index (χ4v) is 4.91. The molecule has 2 unspecified atom stereocenters. The number of para-hydroxylation sites is 1. The van der Waals surface area contributed by atoms with E-state index in [1.165, 1.54) is 9.75 Å². The lowest BCUT2D eigenvalue weighted by Crippen LogP contribution is -2.46. The van der Waals surface area contributed by atoms with Gasteiger partial charge in [-0.25, -0.2) is 0 Å². The van der Waals surface area contributed by atoms with Crippen LogP contribution in [0.1, 0.15) is 40.6 Å². The fourth-order valence-electron chi connectivity index (χ4n) is 3.89. The molecule has 4 nitrogen and oxygen atoms in total. The molecule has 1 aliphatic rings. The van der Waals surface area contributed by atoms with Crippen molar-refractivity contribution in [3.8, 4) is 0 Å². The SMILES string of the molecule is Cc1ccc(C(c2cnc3ccccc3c2)N2CCCCC2C(=O)O)s1. The molecule has 2 atom stereocenters. The van der Waals surface area contributed by atoms with Crippen molar-refractivity contribution in [3.05, 3.63) is 64.0 Å². The molecule has 26 heavy (non-hydrogen) atoms. The van der Waals surface area contributed by atoms with Gasteiger partial charge in [-0.3, -0.25) is 14.7 Å². The fraction of sp³-hybridized carbons (Fsp3) is 0.333. The van der Waals surface area contributed by atoms with Crippen LogP contribution in [-0.2, 0) is 4.79 Å². The van der Waals surface area contributed by atoms with Crippen LogP contribution >= 0.6 is 11.3 Å². The molecule has 0 spiro atoms. The van der Waals surface area contributed by atoms with Crippen molar-refractivity contribution in [2.75, 3.05) is 6.54 Å². The van der Waals surface area contributed by atoms with E-state index in [2.05, 4.69) is 41.1 Å². The Balaban J connectivity index is 1.83. The molecule has 1 saturated heterocycles. The summed E-state index contributed by atoms with van der Waals surface area (Å²) >= 11 is 1.74. The van der Waals surface area contributed by atoms with Gasteiger partial charge < -0.3 is 5.11 Å². The van der Waals surface area contributed by atoms with E-state index in [0.717, 1.165) is 35.9 Å². The summed E-state index contributed by atoms with van der Waals surface area (Å²) in [5.74, 6) is -0.725. The highest BCUT2D eigenvalue weighted by atomic mass is 32.1. The Kier molecular flexibility index (Phi) is 4.74. The number of fused-ring (bicyclic) bond motifs is 1. The van der Waals surface area contributed by atoms with Gasteiger partial charge in [-0.1, -0.05) is 24.6 Å². The Morgan fingerprint density at radius 1 is 1.27 bits per heavy atom. The standard InChI is InChI=1S/C21H22N2O2S/c1-14-9-10-19(26-14)20(23-11-5-4-8-18(23)21(24)25)16-12-15-6-2-3-7-17(15)22-13-16/h2-3,6-7,9-10,12-13,18,20H,4-5,8,11H2,1H3,(H,24,25). The molecule has 0 amide bonds. The van der Waals surface area contributed by atoms with E-state index in [-0.39, 0.29) is 6.04 Å². The molecular formula is C21H22N2O2S. The summed E-state index contributed by atoms with van der Waals surface area (Å²) in [4.78, 5) is 21.1. The predicted octanol–water partition coefficient (Wildman–Crippen LogP) is 4.63. The van der Waals surface area contributed by atoms with E-state index in [9.17, 15) is 9.90 Å². The maximum atomic E-state index is 11.9. The molecule has 0 saturated carbocycles. The summed E-state index contributed by atoms with van der Waals surface area (Å²) in [7, 11) is 0. The lowest BCUT2D eigenvalue weighted by molar-refractivity contribution is -0.145. The van der Waals surface area contributed by atoms with Crippen LogP contribution in [0.4, 0.5) is 0 Å². The number of likely N-dealkylation sites (tertiary alicyclic amines) is 1. The van der Waals surface area contributed by atoms with Gasteiger partial charge in [-0.15, -0.1) is 11.3 Å². The number of rotatable bonds is 4. The predicted molar refractivity (Wildman–Crippen MR) is 105 cm³/mol. The second-order valence-corrected chi connectivity index (χ2v) is 8.22. The minimum Gasteiger partial charge on any atom is -0.480 e. The van der Waals surface area contributed by atoms with Crippen LogP contribution in [0.25, 0.3) is 10.9 Å². The third-order valence-electron chi connectivity index (χ3n) is 5.12. The number of hydrogen-bond acceptors (Lipinski definition) is 4. The van der Waals surface area contributed by atoms with Crippen molar-refractivity contribution < 1.29 is 9.90 Å². The second kappa shape index (κ2) is 7.17. The lowest BCUT2D eigenvalue weighted by atomic mass is 9.95. The highest BCUT2D eigenvalue weighted by Crippen LogP contribution is 2.37. The van der Waals surface area contributed by atoms with Gasteiger partial charge in [0.1, 0.15) is 6.04 Å². The molecule has 0 radical (unpaired) electrons. The number of thiophene rings is 1. The second-order valence-electron chi connectivity index (χ2n) is 6.90. The molecule has 0 aliphatic carbocycles. The smallest absolute Gasteiger partial charge is 0.320 e. The normalized spacial score (nSPS) is 19.5. The van der Waals surface area contributed by atoms with Crippen LogP contribution in [0.2, 0.25) is 0 Å². The molecule has 3 heterocycles. The minimum absolute atomic E-state index is 0.0628. The monoisotopic (exact) mass is 366 g/mol. The van der Waals surface area contributed by atoms with Crippen molar-refractivity contribution in [1.82, 2.24) is 9.88 Å². The lowest BCUT2D eigenvalue weighted by Gasteiger charge is -2.39. The Morgan fingerprint density at radius 2 is 2.12 bits per heavy atom. The van der Waals surface area contributed by atoms with Crippen LogP contribution < -0.4 is 0 Å². The zero-order valence-electron chi connectivity index (χ0n) is 14.8. The number of benzene rings is 1. The third-order valence-corrected chi connectivity index (χ3v) is 6.17. The van der Waals surface area contributed by atoms with Gasteiger partial charge in [-0.2, -0.15) is 0 Å². The average molecular weight is 366 g/mol. The number of aromatic nitrogens is 1. The molecule has 3 aromatic rings. The number of pyridine rings is 1. The van der Waals surface area contributed by atoms with Crippen LogP contribution in [0, 0.1) is 6.92 Å². The quantitative estimate of drug-likeness (QED) is 0.731. The number of carboxylic acids is 1. The van der Waals surface area contributed by atoms with Gasteiger partial charge >= 0.3 is 5.97 Å². The van der Waals surface area contributed by atoms with Crippen molar-refractivity contribution in [3.63, 3.8) is 0 Å². The molecule has 0 bridgehead atoms. The molecule has 1 N–H and O–H groups in total. The van der Waals surface area contributed by atoms with E-state index >= 15 is 0 Å². The van der Waals surface area contributed by atoms with Crippen LogP contribution in [0.15, 0.2) is 48.7 Å². The molecular weight excluding hydrogens is 344 g/mol. The highest BCUT2D eigenvalue weighted by molar-refractivity contribution is 7.12. The molecule has 134 valence electrons. The Labute approximate surface area is 157 Å². The summed E-state index contributed by atoms with van der Waals surface area (Å²) < 4.78 is 0. The molecule has 1 aliphatic heterocycles. The average Bonchev–Trinajstić information content (AvgIpc) is 3.08. The van der Waals surface area contributed by atoms with Crippen molar-refractivity contribution in [1.29, 1.82) is 0 Å². The maximum Gasteiger partial charge on any atom is 0.320 e. The number of piperidine rings is 1. The van der Waals surface area contributed by atoms with E-state index in [1.807, 2.05) is 24.4 Å². The molecule has 2 aromatic heterocycles. The van der Waals surface area contributed by atoms with Gasteiger partial charge in [-0.05, 0) is 56.1 Å². The first-order valence-corrected chi connectivity index (χ1v) is 9.85.